The molecular weight excluding hydrogens is 574 g/mol. The Hall–Kier alpha value is -3.57. The van der Waals surface area contributed by atoms with E-state index in [2.05, 4.69) is 19.9 Å². The molecule has 0 spiro atoms. The van der Waals surface area contributed by atoms with Gasteiger partial charge in [-0.1, -0.05) is 31.2 Å². The zero-order valence-corrected chi connectivity index (χ0v) is 24.8. The molecular formula is C33H35F4N5O2. The van der Waals surface area contributed by atoms with Gasteiger partial charge in [0.25, 0.3) is 0 Å². The molecule has 0 saturated carbocycles. The van der Waals surface area contributed by atoms with Gasteiger partial charge in [-0.2, -0.15) is 9.97 Å². The third-order valence-corrected chi connectivity index (χ3v) is 9.49. The number of halogens is 4. The van der Waals surface area contributed by atoms with Gasteiger partial charge in [-0.3, -0.25) is 9.88 Å². The van der Waals surface area contributed by atoms with Crippen molar-refractivity contribution >= 4 is 27.5 Å². The first-order chi connectivity index (χ1) is 21.1. The van der Waals surface area contributed by atoms with Crippen LogP contribution in [0.1, 0.15) is 45.1 Å². The number of hydrogen-bond donors (Lipinski definition) is 1. The SMILES string of the molecule is CCc1c(F)ccc2cccc(-c3ncc4c(N5C[C@H](F)C[C@@](C)(O)C5)nc(OC[C@@]56CCCN5C[C@H](F)C6)nc4c3F)c12. The maximum atomic E-state index is 16.7. The van der Waals surface area contributed by atoms with Gasteiger partial charge >= 0.3 is 6.01 Å². The first-order valence-electron chi connectivity index (χ1n) is 15.3. The molecule has 4 aromatic rings. The predicted molar refractivity (Wildman–Crippen MR) is 160 cm³/mol. The first-order valence-corrected chi connectivity index (χ1v) is 15.3. The molecule has 5 heterocycles. The normalized spacial score (nSPS) is 27.4. The highest BCUT2D eigenvalue weighted by Crippen LogP contribution is 2.41. The van der Waals surface area contributed by atoms with E-state index in [4.69, 9.17) is 4.74 Å². The van der Waals surface area contributed by atoms with Gasteiger partial charge in [-0.25, -0.2) is 17.6 Å². The average Bonchev–Trinajstić information content (AvgIpc) is 3.50. The lowest BCUT2D eigenvalue weighted by Crippen LogP contribution is -2.51. The molecule has 7 rings (SSSR count). The number of benzene rings is 2. The van der Waals surface area contributed by atoms with Crippen molar-refractivity contribution in [2.45, 2.75) is 69.4 Å². The van der Waals surface area contributed by atoms with Crippen molar-refractivity contribution in [3.05, 3.63) is 53.7 Å². The molecule has 3 saturated heterocycles. The second-order valence-corrected chi connectivity index (χ2v) is 12.8. The van der Waals surface area contributed by atoms with Gasteiger partial charge in [0.2, 0.25) is 0 Å². The maximum Gasteiger partial charge on any atom is 0.319 e. The van der Waals surface area contributed by atoms with Crippen molar-refractivity contribution in [1.82, 2.24) is 19.9 Å². The van der Waals surface area contributed by atoms with Crippen LogP contribution in [0.15, 0.2) is 36.5 Å². The van der Waals surface area contributed by atoms with E-state index >= 15 is 4.39 Å². The van der Waals surface area contributed by atoms with E-state index in [0.29, 0.717) is 35.9 Å². The van der Waals surface area contributed by atoms with Crippen LogP contribution in [0.5, 0.6) is 6.01 Å². The fraction of sp³-hybridized carbons (Fsp3) is 0.485. The van der Waals surface area contributed by atoms with E-state index in [1.54, 1.807) is 30.0 Å². The molecule has 11 heteroatoms. The van der Waals surface area contributed by atoms with Gasteiger partial charge in [0, 0.05) is 37.7 Å². The number of pyridine rings is 1. The molecule has 3 aliphatic rings. The number of rotatable bonds is 6. The summed E-state index contributed by atoms with van der Waals surface area (Å²) in [4.78, 5) is 17.2. The van der Waals surface area contributed by atoms with Crippen LogP contribution in [0.3, 0.4) is 0 Å². The minimum atomic E-state index is -1.34. The molecule has 232 valence electrons. The highest BCUT2D eigenvalue weighted by Gasteiger charge is 2.49. The lowest BCUT2D eigenvalue weighted by Gasteiger charge is -2.39. The quantitative estimate of drug-likeness (QED) is 0.271. The minimum Gasteiger partial charge on any atom is -0.461 e. The number of aryl methyl sites for hydroxylation is 1. The summed E-state index contributed by atoms with van der Waals surface area (Å²) >= 11 is 0. The number of aromatic nitrogens is 3. The molecule has 1 N–H and O–H groups in total. The van der Waals surface area contributed by atoms with Crippen molar-refractivity contribution < 1.29 is 27.4 Å². The molecule has 44 heavy (non-hydrogen) atoms. The Morgan fingerprint density at radius 1 is 1.07 bits per heavy atom. The van der Waals surface area contributed by atoms with Crippen molar-refractivity contribution in [2.24, 2.45) is 0 Å². The highest BCUT2D eigenvalue weighted by molar-refractivity contribution is 6.00. The number of ether oxygens (including phenoxy) is 1. The number of aliphatic hydroxyl groups is 1. The summed E-state index contributed by atoms with van der Waals surface area (Å²) in [5.74, 6) is -0.935. The van der Waals surface area contributed by atoms with Crippen LogP contribution in [0.4, 0.5) is 23.4 Å². The van der Waals surface area contributed by atoms with Crippen LogP contribution in [-0.4, -0.2) is 81.2 Å². The summed E-state index contributed by atoms with van der Waals surface area (Å²) in [5.41, 5.74) is -1.04. The number of hydrogen-bond acceptors (Lipinski definition) is 7. The van der Waals surface area contributed by atoms with E-state index in [9.17, 15) is 18.3 Å². The minimum absolute atomic E-state index is 0.00960. The topological polar surface area (TPSA) is 74.6 Å². The summed E-state index contributed by atoms with van der Waals surface area (Å²) in [6.07, 6.45) is 1.55. The van der Waals surface area contributed by atoms with Gasteiger partial charge in [-0.05, 0) is 55.1 Å². The van der Waals surface area contributed by atoms with Crippen molar-refractivity contribution in [3.8, 4) is 17.3 Å². The van der Waals surface area contributed by atoms with Gasteiger partial charge in [-0.15, -0.1) is 0 Å². The van der Waals surface area contributed by atoms with Crippen LogP contribution in [0, 0.1) is 11.6 Å². The van der Waals surface area contributed by atoms with Crippen LogP contribution in [0.2, 0.25) is 0 Å². The van der Waals surface area contributed by atoms with E-state index in [1.165, 1.54) is 12.3 Å². The van der Waals surface area contributed by atoms with E-state index in [0.717, 1.165) is 24.8 Å². The number of nitrogens with zero attached hydrogens (tertiary/aromatic N) is 5. The summed E-state index contributed by atoms with van der Waals surface area (Å²) < 4.78 is 66.9. The monoisotopic (exact) mass is 609 g/mol. The Balaban J connectivity index is 1.37. The third-order valence-electron chi connectivity index (χ3n) is 9.49. The summed E-state index contributed by atoms with van der Waals surface area (Å²) in [6, 6.07) is 8.26. The molecule has 0 amide bonds. The summed E-state index contributed by atoms with van der Waals surface area (Å²) in [7, 11) is 0. The van der Waals surface area contributed by atoms with Crippen LogP contribution >= 0.6 is 0 Å². The summed E-state index contributed by atoms with van der Waals surface area (Å²) in [5, 5.41) is 12.3. The Labute approximate surface area is 252 Å². The van der Waals surface area contributed by atoms with Crippen molar-refractivity contribution in [2.75, 3.05) is 37.7 Å². The molecule has 0 bridgehead atoms. The van der Waals surface area contributed by atoms with Gasteiger partial charge in [0.15, 0.2) is 5.82 Å². The van der Waals surface area contributed by atoms with Gasteiger partial charge in [0.05, 0.1) is 23.1 Å². The standard InChI is InChI=1S/C33H35F4N5O2/c1-3-22-25(36)9-8-19-6-4-7-23(26(19)22)28-27(37)29-24(14-38-28)30(41-15-20(34)12-32(2,43)17-41)40-31(39-29)44-18-33-10-5-11-42(33)16-21(35)13-33/h4,6-9,14,20-21,43H,3,5,10-13,15-18H2,1-2H3/t20-,21-,32-,33+/m1/s1. The van der Waals surface area contributed by atoms with Crippen LogP contribution in [-0.2, 0) is 6.42 Å². The number of β-amino-alcohol motifs (C(OH)–C–C–N with tert-alkyl or cyclic N) is 1. The zero-order chi connectivity index (χ0) is 30.8. The Morgan fingerprint density at radius 2 is 1.89 bits per heavy atom. The van der Waals surface area contributed by atoms with Crippen LogP contribution in [0.25, 0.3) is 32.9 Å². The number of alkyl halides is 2. The number of piperidine rings is 1. The lowest BCUT2D eigenvalue weighted by molar-refractivity contribution is 0.0164. The van der Waals surface area contributed by atoms with E-state index in [1.807, 2.05) is 13.0 Å². The maximum absolute atomic E-state index is 16.7. The lowest BCUT2D eigenvalue weighted by atomic mass is 9.93. The fourth-order valence-electron chi connectivity index (χ4n) is 7.62. The van der Waals surface area contributed by atoms with Gasteiger partial charge < -0.3 is 14.7 Å². The fourth-order valence-corrected chi connectivity index (χ4v) is 7.62. The second-order valence-electron chi connectivity index (χ2n) is 12.8. The smallest absolute Gasteiger partial charge is 0.319 e. The van der Waals surface area contributed by atoms with E-state index < -0.39 is 29.3 Å². The van der Waals surface area contributed by atoms with Crippen LogP contribution < -0.4 is 9.64 Å². The molecule has 2 aromatic heterocycles. The second kappa shape index (κ2) is 10.8. The molecule has 4 atom stereocenters. The number of fused-ring (bicyclic) bond motifs is 3. The average molecular weight is 610 g/mol. The first kappa shape index (κ1) is 29.2. The largest absolute Gasteiger partial charge is 0.461 e. The molecule has 3 aliphatic heterocycles. The summed E-state index contributed by atoms with van der Waals surface area (Å²) in [6.45, 7) is 4.65. The predicted octanol–water partition coefficient (Wildman–Crippen LogP) is 5.94. The Bertz CT molecular complexity index is 1750. The molecule has 2 aromatic carbocycles. The molecule has 0 aliphatic carbocycles. The van der Waals surface area contributed by atoms with Crippen molar-refractivity contribution in [3.63, 3.8) is 0 Å². The Morgan fingerprint density at radius 3 is 2.68 bits per heavy atom. The van der Waals surface area contributed by atoms with Gasteiger partial charge in [0.1, 0.15) is 41.8 Å². The highest BCUT2D eigenvalue weighted by atomic mass is 19.1. The molecule has 7 nitrogen and oxygen atoms in total. The molecule has 0 unspecified atom stereocenters. The third kappa shape index (κ3) is 4.94. The Kier molecular flexibility index (Phi) is 7.16. The number of anilines is 1. The molecule has 3 fully saturated rings. The molecule has 0 radical (unpaired) electrons. The van der Waals surface area contributed by atoms with Crippen molar-refractivity contribution in [1.29, 1.82) is 0 Å². The zero-order valence-electron chi connectivity index (χ0n) is 24.8. The van der Waals surface area contributed by atoms with E-state index in [-0.39, 0.29) is 60.4 Å².